The SMILES string of the molecule is CCOC(=O)C(=Nc1cc(Cl)ccc1Cl)c1ccccc1. The van der Waals surface area contributed by atoms with E-state index in [1.165, 1.54) is 0 Å². The Hall–Kier alpha value is -1.84. The van der Waals surface area contributed by atoms with Crippen LogP contribution in [0, 0.1) is 0 Å². The Morgan fingerprint density at radius 3 is 2.52 bits per heavy atom. The number of carbonyl (C=O) groups is 1. The van der Waals surface area contributed by atoms with Gasteiger partial charge in [-0.25, -0.2) is 9.79 Å². The van der Waals surface area contributed by atoms with Gasteiger partial charge in [0, 0.05) is 10.6 Å². The molecule has 0 aromatic heterocycles. The summed E-state index contributed by atoms with van der Waals surface area (Å²) >= 11 is 12.0. The molecule has 0 unspecified atom stereocenters. The van der Waals surface area contributed by atoms with Gasteiger partial charge in [0.25, 0.3) is 0 Å². The topological polar surface area (TPSA) is 38.7 Å². The van der Waals surface area contributed by atoms with E-state index in [1.807, 2.05) is 18.2 Å². The average molecular weight is 322 g/mol. The van der Waals surface area contributed by atoms with E-state index in [0.717, 1.165) is 0 Å². The Kier molecular flexibility index (Phi) is 5.37. The molecule has 0 aliphatic carbocycles. The van der Waals surface area contributed by atoms with Crippen LogP contribution in [0.4, 0.5) is 5.69 Å². The molecule has 2 aromatic rings. The Labute approximate surface area is 133 Å². The van der Waals surface area contributed by atoms with E-state index in [0.29, 0.717) is 21.3 Å². The zero-order chi connectivity index (χ0) is 15.2. The molecular weight excluding hydrogens is 309 g/mol. The van der Waals surface area contributed by atoms with Crippen molar-refractivity contribution in [2.75, 3.05) is 6.61 Å². The van der Waals surface area contributed by atoms with E-state index in [1.54, 1.807) is 37.3 Å². The first kappa shape index (κ1) is 15.5. The van der Waals surface area contributed by atoms with Crippen LogP contribution in [-0.4, -0.2) is 18.3 Å². The number of hydrogen-bond acceptors (Lipinski definition) is 3. The fourth-order valence-electron chi connectivity index (χ4n) is 1.72. The largest absolute Gasteiger partial charge is 0.461 e. The molecule has 3 nitrogen and oxygen atoms in total. The highest BCUT2D eigenvalue weighted by Crippen LogP contribution is 2.29. The fraction of sp³-hybridized carbons (Fsp3) is 0.125. The predicted molar refractivity (Wildman–Crippen MR) is 85.7 cm³/mol. The van der Waals surface area contributed by atoms with Gasteiger partial charge in [-0.1, -0.05) is 53.5 Å². The van der Waals surface area contributed by atoms with E-state index >= 15 is 0 Å². The van der Waals surface area contributed by atoms with Crippen molar-refractivity contribution < 1.29 is 9.53 Å². The average Bonchev–Trinajstić information content (AvgIpc) is 2.49. The maximum atomic E-state index is 12.1. The molecule has 0 amide bonds. The summed E-state index contributed by atoms with van der Waals surface area (Å²) in [5.74, 6) is -0.500. The molecule has 21 heavy (non-hydrogen) atoms. The number of esters is 1. The minimum Gasteiger partial charge on any atom is -0.461 e. The van der Waals surface area contributed by atoms with Gasteiger partial charge in [0.1, 0.15) is 0 Å². The van der Waals surface area contributed by atoms with Gasteiger partial charge in [-0.2, -0.15) is 0 Å². The van der Waals surface area contributed by atoms with Crippen molar-refractivity contribution in [2.24, 2.45) is 4.99 Å². The second-order valence-corrected chi connectivity index (χ2v) is 4.99. The number of hydrogen-bond donors (Lipinski definition) is 0. The van der Waals surface area contributed by atoms with Gasteiger partial charge in [-0.05, 0) is 25.1 Å². The lowest BCUT2D eigenvalue weighted by molar-refractivity contribution is -0.134. The molecular formula is C16H13Cl2NO2. The highest BCUT2D eigenvalue weighted by Gasteiger charge is 2.16. The lowest BCUT2D eigenvalue weighted by atomic mass is 10.1. The molecule has 0 N–H and O–H groups in total. The highest BCUT2D eigenvalue weighted by atomic mass is 35.5. The van der Waals surface area contributed by atoms with E-state index in [4.69, 9.17) is 27.9 Å². The van der Waals surface area contributed by atoms with E-state index in [-0.39, 0.29) is 12.3 Å². The summed E-state index contributed by atoms with van der Waals surface area (Å²) in [6, 6.07) is 14.0. The number of benzene rings is 2. The van der Waals surface area contributed by atoms with Gasteiger partial charge in [-0.3, -0.25) is 0 Å². The van der Waals surface area contributed by atoms with Crippen molar-refractivity contribution in [1.82, 2.24) is 0 Å². The molecule has 0 fully saturated rings. The summed E-state index contributed by atoms with van der Waals surface area (Å²) < 4.78 is 5.05. The van der Waals surface area contributed by atoms with Gasteiger partial charge < -0.3 is 4.74 Å². The first-order valence-corrected chi connectivity index (χ1v) is 7.13. The van der Waals surface area contributed by atoms with Crippen LogP contribution in [-0.2, 0) is 9.53 Å². The second kappa shape index (κ2) is 7.25. The van der Waals surface area contributed by atoms with Crippen LogP contribution in [0.15, 0.2) is 53.5 Å². The zero-order valence-electron chi connectivity index (χ0n) is 11.3. The summed E-state index contributed by atoms with van der Waals surface area (Å²) in [5, 5.41) is 0.909. The molecule has 2 aromatic carbocycles. The predicted octanol–water partition coefficient (Wildman–Crippen LogP) is 4.68. The number of ether oxygens (including phenoxy) is 1. The molecule has 0 aliphatic heterocycles. The lowest BCUT2D eigenvalue weighted by Crippen LogP contribution is -2.18. The maximum absolute atomic E-state index is 12.1. The van der Waals surface area contributed by atoms with Crippen LogP contribution >= 0.6 is 23.2 Å². The summed E-state index contributed by atoms with van der Waals surface area (Å²) in [6.45, 7) is 2.01. The highest BCUT2D eigenvalue weighted by molar-refractivity contribution is 6.44. The van der Waals surface area contributed by atoms with Crippen LogP contribution in [0.3, 0.4) is 0 Å². The molecule has 2 rings (SSSR count). The van der Waals surface area contributed by atoms with Crippen LogP contribution in [0.2, 0.25) is 10.0 Å². The second-order valence-electron chi connectivity index (χ2n) is 4.14. The Balaban J connectivity index is 2.51. The summed E-state index contributed by atoms with van der Waals surface area (Å²) in [5.41, 5.74) is 1.28. The number of carbonyl (C=O) groups excluding carboxylic acids is 1. The number of aliphatic imine (C=N–C) groups is 1. The third-order valence-electron chi connectivity index (χ3n) is 2.66. The van der Waals surface area contributed by atoms with Crippen molar-refractivity contribution in [3.63, 3.8) is 0 Å². The zero-order valence-corrected chi connectivity index (χ0v) is 12.9. The molecule has 0 aliphatic rings. The Bertz CT molecular complexity index is 669. The van der Waals surface area contributed by atoms with Crippen LogP contribution in [0.5, 0.6) is 0 Å². The van der Waals surface area contributed by atoms with E-state index < -0.39 is 5.97 Å². The van der Waals surface area contributed by atoms with Gasteiger partial charge >= 0.3 is 5.97 Å². The maximum Gasteiger partial charge on any atom is 0.357 e. The quantitative estimate of drug-likeness (QED) is 0.606. The molecule has 0 spiro atoms. The van der Waals surface area contributed by atoms with Crippen molar-refractivity contribution in [3.8, 4) is 0 Å². The first-order valence-electron chi connectivity index (χ1n) is 6.38. The summed E-state index contributed by atoms with van der Waals surface area (Å²) in [4.78, 5) is 16.4. The minimum atomic E-state index is -0.500. The van der Waals surface area contributed by atoms with Crippen LogP contribution in [0.25, 0.3) is 0 Å². The van der Waals surface area contributed by atoms with Crippen molar-refractivity contribution in [3.05, 3.63) is 64.1 Å². The third kappa shape index (κ3) is 4.06. The molecule has 5 heteroatoms. The third-order valence-corrected chi connectivity index (χ3v) is 3.21. The molecule has 0 saturated heterocycles. The lowest BCUT2D eigenvalue weighted by Gasteiger charge is -2.07. The molecule has 0 radical (unpaired) electrons. The van der Waals surface area contributed by atoms with Crippen LogP contribution in [0.1, 0.15) is 12.5 Å². The summed E-state index contributed by atoms with van der Waals surface area (Å²) in [7, 11) is 0. The van der Waals surface area contributed by atoms with Gasteiger partial charge in [0.05, 0.1) is 17.3 Å². The number of halogens is 2. The Morgan fingerprint density at radius 2 is 1.86 bits per heavy atom. The summed E-state index contributed by atoms with van der Waals surface area (Å²) in [6.07, 6.45) is 0. The minimum absolute atomic E-state index is 0.196. The molecule has 108 valence electrons. The smallest absolute Gasteiger partial charge is 0.357 e. The monoisotopic (exact) mass is 321 g/mol. The van der Waals surface area contributed by atoms with E-state index in [9.17, 15) is 4.79 Å². The molecule has 0 atom stereocenters. The van der Waals surface area contributed by atoms with E-state index in [2.05, 4.69) is 4.99 Å². The standard InChI is InChI=1S/C16H13Cl2NO2/c1-2-21-16(20)15(11-6-4-3-5-7-11)19-14-10-12(17)8-9-13(14)18/h3-10H,2H2,1H3. The van der Waals surface area contributed by atoms with Gasteiger partial charge in [0.15, 0.2) is 5.71 Å². The van der Waals surface area contributed by atoms with Crippen molar-refractivity contribution in [1.29, 1.82) is 0 Å². The fourth-order valence-corrected chi connectivity index (χ4v) is 2.04. The molecule has 0 bridgehead atoms. The van der Waals surface area contributed by atoms with Crippen molar-refractivity contribution >= 4 is 40.6 Å². The first-order chi connectivity index (χ1) is 10.1. The molecule has 0 heterocycles. The number of nitrogens with zero attached hydrogens (tertiary/aromatic N) is 1. The molecule has 0 saturated carbocycles. The van der Waals surface area contributed by atoms with Crippen LogP contribution < -0.4 is 0 Å². The Morgan fingerprint density at radius 1 is 1.14 bits per heavy atom. The normalized spacial score (nSPS) is 11.3. The number of rotatable bonds is 4. The van der Waals surface area contributed by atoms with Gasteiger partial charge in [0.2, 0.25) is 0 Å². The van der Waals surface area contributed by atoms with Crippen molar-refractivity contribution in [2.45, 2.75) is 6.92 Å². The van der Waals surface area contributed by atoms with Gasteiger partial charge in [-0.15, -0.1) is 0 Å².